The number of fused-ring (bicyclic) bond motifs is 1. The highest BCUT2D eigenvalue weighted by Crippen LogP contribution is 2.37. The van der Waals surface area contributed by atoms with Crippen molar-refractivity contribution in [3.05, 3.63) is 33.3 Å². The summed E-state index contributed by atoms with van der Waals surface area (Å²) in [6.45, 7) is 1.00. The van der Waals surface area contributed by atoms with Crippen LogP contribution in [0.3, 0.4) is 0 Å². The second-order valence-corrected chi connectivity index (χ2v) is 5.94. The molecule has 0 radical (unpaired) electrons. The fraction of sp³-hybridized carbons (Fsp3) is 0.250. The first-order valence-electron chi connectivity index (χ1n) is 5.93. The average molecular weight is 329 g/mol. The van der Waals surface area contributed by atoms with Crippen LogP contribution in [-0.2, 0) is 11.2 Å². The molecule has 1 aliphatic heterocycles. The molecule has 0 spiro atoms. The van der Waals surface area contributed by atoms with E-state index in [1.807, 2.05) is 11.0 Å². The van der Waals surface area contributed by atoms with Gasteiger partial charge in [0.15, 0.2) is 0 Å². The first-order valence-corrected chi connectivity index (χ1v) is 7.56. The Hall–Kier alpha value is -1.37. The third-order valence-electron chi connectivity index (χ3n) is 3.08. The Balaban J connectivity index is 1.72. The molecule has 0 saturated heterocycles. The van der Waals surface area contributed by atoms with Gasteiger partial charge in [-0.1, -0.05) is 34.5 Å². The molecule has 2 aromatic rings. The van der Waals surface area contributed by atoms with Gasteiger partial charge in [0.05, 0.1) is 16.6 Å². The number of carbonyl (C=O) groups excluding carboxylic acids is 1. The van der Waals surface area contributed by atoms with E-state index >= 15 is 0 Å². The number of benzene rings is 1. The summed E-state index contributed by atoms with van der Waals surface area (Å²) in [6, 6.07) is 3.65. The monoisotopic (exact) mass is 328 g/mol. The van der Waals surface area contributed by atoms with Crippen molar-refractivity contribution in [1.29, 1.82) is 0 Å². The molecule has 1 amide bonds. The summed E-state index contributed by atoms with van der Waals surface area (Å²) >= 11 is 13.5. The molecule has 1 N–H and O–H groups in total. The van der Waals surface area contributed by atoms with Crippen LogP contribution in [-0.4, -0.2) is 29.2 Å². The summed E-state index contributed by atoms with van der Waals surface area (Å²) in [7, 11) is 0. The number of nitrogens with one attached hydrogen (secondary N) is 1. The van der Waals surface area contributed by atoms with Gasteiger partial charge in [0.1, 0.15) is 5.51 Å². The lowest BCUT2D eigenvalue weighted by Gasteiger charge is -2.18. The van der Waals surface area contributed by atoms with Crippen LogP contribution in [0.15, 0.2) is 17.6 Å². The van der Waals surface area contributed by atoms with Crippen LogP contribution < -0.4 is 10.2 Å². The van der Waals surface area contributed by atoms with E-state index in [9.17, 15) is 4.79 Å². The zero-order chi connectivity index (χ0) is 14.1. The van der Waals surface area contributed by atoms with Gasteiger partial charge in [0.2, 0.25) is 11.0 Å². The SMILES string of the molecule is O=C(CN1CCc2c1ccc(Cl)c2Cl)Nc1nncs1. The molecule has 0 bridgehead atoms. The van der Waals surface area contributed by atoms with Crippen molar-refractivity contribution < 1.29 is 4.79 Å². The van der Waals surface area contributed by atoms with Crippen LogP contribution in [0.1, 0.15) is 5.56 Å². The molecule has 8 heteroatoms. The molecule has 1 aliphatic rings. The zero-order valence-corrected chi connectivity index (χ0v) is 12.6. The predicted octanol–water partition coefficient (Wildman–Crippen LogP) is 2.85. The Bertz CT molecular complexity index is 647. The molecule has 3 rings (SSSR count). The molecule has 0 aliphatic carbocycles. The molecule has 1 aromatic heterocycles. The maximum absolute atomic E-state index is 12.0. The zero-order valence-electron chi connectivity index (χ0n) is 10.3. The number of hydrogen-bond donors (Lipinski definition) is 1. The topological polar surface area (TPSA) is 58.1 Å². The van der Waals surface area contributed by atoms with E-state index in [1.54, 1.807) is 11.6 Å². The molecule has 0 saturated carbocycles. The molecular formula is C12H10Cl2N4OS. The van der Waals surface area contributed by atoms with Crippen molar-refractivity contribution in [3.63, 3.8) is 0 Å². The normalized spacial score (nSPS) is 13.4. The molecule has 5 nitrogen and oxygen atoms in total. The van der Waals surface area contributed by atoms with Crippen molar-refractivity contribution in [3.8, 4) is 0 Å². The minimum atomic E-state index is -0.124. The molecule has 0 fully saturated rings. The standard InChI is InChI=1S/C12H10Cl2N4OS/c13-8-1-2-9-7(11(8)14)3-4-18(9)5-10(19)16-12-17-15-6-20-12/h1-2,6H,3-5H2,(H,16,17,19). The Labute approximate surface area is 129 Å². The van der Waals surface area contributed by atoms with Crippen LogP contribution in [0.2, 0.25) is 10.0 Å². The fourth-order valence-electron chi connectivity index (χ4n) is 2.21. The van der Waals surface area contributed by atoms with Gasteiger partial charge in [-0.3, -0.25) is 10.1 Å². The molecule has 0 unspecified atom stereocenters. The molecule has 20 heavy (non-hydrogen) atoms. The number of hydrogen-bond acceptors (Lipinski definition) is 5. The van der Waals surface area contributed by atoms with E-state index in [1.165, 1.54) is 11.3 Å². The summed E-state index contributed by atoms with van der Waals surface area (Å²) in [4.78, 5) is 13.9. The summed E-state index contributed by atoms with van der Waals surface area (Å²) < 4.78 is 0. The lowest BCUT2D eigenvalue weighted by Crippen LogP contribution is -2.31. The Kier molecular flexibility index (Phi) is 3.78. The lowest BCUT2D eigenvalue weighted by atomic mass is 10.2. The van der Waals surface area contributed by atoms with Crippen LogP contribution in [0.25, 0.3) is 0 Å². The van der Waals surface area contributed by atoms with Crippen LogP contribution in [0.5, 0.6) is 0 Å². The van der Waals surface area contributed by atoms with Gasteiger partial charge in [-0.05, 0) is 24.1 Å². The van der Waals surface area contributed by atoms with Gasteiger partial charge in [0, 0.05) is 12.2 Å². The second-order valence-electron chi connectivity index (χ2n) is 4.32. The highest BCUT2D eigenvalue weighted by atomic mass is 35.5. The van der Waals surface area contributed by atoms with Crippen molar-refractivity contribution >= 4 is 51.3 Å². The third-order valence-corrected chi connectivity index (χ3v) is 4.53. The van der Waals surface area contributed by atoms with Crippen molar-refractivity contribution in [2.45, 2.75) is 6.42 Å². The second kappa shape index (κ2) is 5.55. The number of carbonyl (C=O) groups is 1. The van der Waals surface area contributed by atoms with Gasteiger partial charge in [-0.15, -0.1) is 10.2 Å². The average Bonchev–Trinajstić information content (AvgIpc) is 3.04. The van der Waals surface area contributed by atoms with Gasteiger partial charge < -0.3 is 4.90 Å². The quantitative estimate of drug-likeness (QED) is 0.941. The fourth-order valence-corrected chi connectivity index (χ4v) is 3.10. The van der Waals surface area contributed by atoms with E-state index in [0.29, 0.717) is 15.2 Å². The summed E-state index contributed by atoms with van der Waals surface area (Å²) in [6.07, 6.45) is 0.792. The van der Waals surface area contributed by atoms with Crippen molar-refractivity contribution in [2.24, 2.45) is 0 Å². The Morgan fingerprint density at radius 3 is 3.05 bits per heavy atom. The van der Waals surface area contributed by atoms with Crippen LogP contribution >= 0.6 is 34.5 Å². The highest BCUT2D eigenvalue weighted by Gasteiger charge is 2.24. The Morgan fingerprint density at radius 1 is 1.45 bits per heavy atom. The van der Waals surface area contributed by atoms with E-state index in [4.69, 9.17) is 23.2 Å². The van der Waals surface area contributed by atoms with E-state index in [2.05, 4.69) is 15.5 Å². The molecule has 2 heterocycles. The van der Waals surface area contributed by atoms with E-state index in [0.717, 1.165) is 24.2 Å². The molecular weight excluding hydrogens is 319 g/mol. The minimum absolute atomic E-state index is 0.124. The van der Waals surface area contributed by atoms with Gasteiger partial charge in [0.25, 0.3) is 0 Å². The van der Waals surface area contributed by atoms with Crippen molar-refractivity contribution in [2.75, 3.05) is 23.3 Å². The predicted molar refractivity (Wildman–Crippen MR) is 80.9 cm³/mol. The number of halogens is 2. The maximum Gasteiger partial charge on any atom is 0.245 e. The number of aromatic nitrogens is 2. The summed E-state index contributed by atoms with van der Waals surface area (Å²) in [5.41, 5.74) is 3.54. The van der Waals surface area contributed by atoms with E-state index < -0.39 is 0 Å². The third kappa shape index (κ3) is 2.59. The molecule has 0 atom stereocenters. The lowest BCUT2D eigenvalue weighted by molar-refractivity contribution is -0.115. The van der Waals surface area contributed by atoms with Gasteiger partial charge in [-0.2, -0.15) is 0 Å². The number of anilines is 2. The smallest absolute Gasteiger partial charge is 0.245 e. The minimum Gasteiger partial charge on any atom is -0.362 e. The highest BCUT2D eigenvalue weighted by molar-refractivity contribution is 7.13. The van der Waals surface area contributed by atoms with Gasteiger partial charge in [-0.25, -0.2) is 0 Å². The number of amides is 1. The largest absolute Gasteiger partial charge is 0.362 e. The summed E-state index contributed by atoms with van der Waals surface area (Å²) in [5, 5.41) is 11.8. The Morgan fingerprint density at radius 2 is 2.30 bits per heavy atom. The molecule has 1 aromatic carbocycles. The number of nitrogens with zero attached hydrogens (tertiary/aromatic N) is 3. The van der Waals surface area contributed by atoms with Gasteiger partial charge >= 0.3 is 0 Å². The summed E-state index contributed by atoms with van der Waals surface area (Å²) in [5.74, 6) is -0.124. The van der Waals surface area contributed by atoms with E-state index in [-0.39, 0.29) is 12.5 Å². The number of rotatable bonds is 3. The van der Waals surface area contributed by atoms with Crippen LogP contribution in [0, 0.1) is 0 Å². The first-order chi connectivity index (χ1) is 9.65. The first kappa shape index (κ1) is 13.6. The maximum atomic E-state index is 12.0. The van der Waals surface area contributed by atoms with Crippen LogP contribution in [0.4, 0.5) is 10.8 Å². The van der Waals surface area contributed by atoms with Crippen molar-refractivity contribution in [1.82, 2.24) is 10.2 Å². The molecule has 104 valence electrons.